The Morgan fingerprint density at radius 1 is 1.09 bits per heavy atom. The van der Waals surface area contributed by atoms with E-state index in [1.807, 2.05) is 30.3 Å². The Hall–Kier alpha value is -3.26. The SMILES string of the molecule is COc1cccc(OC)c1OCC(O)CNC(=O)C1CCCN(C(=O)Cc2ccccc2)C1. The molecule has 1 saturated heterocycles. The minimum atomic E-state index is -0.914. The van der Waals surface area contributed by atoms with Crippen LogP contribution in [-0.4, -0.2) is 68.4 Å². The molecule has 0 aliphatic carbocycles. The van der Waals surface area contributed by atoms with Crippen LogP contribution >= 0.6 is 0 Å². The first-order valence-electron chi connectivity index (χ1n) is 11.1. The van der Waals surface area contributed by atoms with Gasteiger partial charge in [-0.1, -0.05) is 36.4 Å². The van der Waals surface area contributed by atoms with Crippen LogP contribution in [0, 0.1) is 5.92 Å². The van der Waals surface area contributed by atoms with Crippen LogP contribution < -0.4 is 19.5 Å². The summed E-state index contributed by atoms with van der Waals surface area (Å²) in [7, 11) is 3.05. The number of likely N-dealkylation sites (tertiary alicyclic amines) is 1. The van der Waals surface area contributed by atoms with Gasteiger partial charge in [-0.25, -0.2) is 0 Å². The van der Waals surface area contributed by atoms with Crippen molar-refractivity contribution in [2.45, 2.75) is 25.4 Å². The number of aliphatic hydroxyl groups excluding tert-OH is 1. The number of nitrogens with one attached hydrogen (secondary N) is 1. The van der Waals surface area contributed by atoms with Gasteiger partial charge in [0.15, 0.2) is 11.5 Å². The van der Waals surface area contributed by atoms with Gasteiger partial charge < -0.3 is 29.5 Å². The van der Waals surface area contributed by atoms with Gasteiger partial charge in [0.2, 0.25) is 17.6 Å². The highest BCUT2D eigenvalue weighted by Gasteiger charge is 2.28. The number of methoxy groups -OCH3 is 2. The second-order valence-electron chi connectivity index (χ2n) is 8.04. The first-order valence-corrected chi connectivity index (χ1v) is 11.1. The van der Waals surface area contributed by atoms with E-state index in [4.69, 9.17) is 14.2 Å². The Kier molecular flexibility index (Phi) is 8.95. The lowest BCUT2D eigenvalue weighted by molar-refractivity contribution is -0.135. The molecule has 2 N–H and O–H groups in total. The normalized spacial score (nSPS) is 16.6. The van der Waals surface area contributed by atoms with Crippen molar-refractivity contribution in [3.63, 3.8) is 0 Å². The number of carbonyl (C=O) groups is 2. The summed E-state index contributed by atoms with van der Waals surface area (Å²) in [6.45, 7) is 1.06. The molecule has 1 fully saturated rings. The topological polar surface area (TPSA) is 97.3 Å². The van der Waals surface area contributed by atoms with E-state index in [0.29, 0.717) is 43.2 Å². The van der Waals surface area contributed by atoms with Crippen LogP contribution in [-0.2, 0) is 16.0 Å². The van der Waals surface area contributed by atoms with Crippen molar-refractivity contribution in [3.05, 3.63) is 54.1 Å². The molecule has 2 atom stereocenters. The summed E-state index contributed by atoms with van der Waals surface area (Å²) in [5.74, 6) is 0.953. The van der Waals surface area contributed by atoms with Gasteiger partial charge >= 0.3 is 0 Å². The van der Waals surface area contributed by atoms with Gasteiger partial charge in [0.1, 0.15) is 12.7 Å². The van der Waals surface area contributed by atoms with Crippen molar-refractivity contribution in [2.75, 3.05) is 40.5 Å². The van der Waals surface area contributed by atoms with Crippen LogP contribution in [0.4, 0.5) is 0 Å². The molecule has 8 heteroatoms. The highest BCUT2D eigenvalue weighted by Crippen LogP contribution is 2.36. The number of piperidine rings is 1. The fourth-order valence-electron chi connectivity index (χ4n) is 3.86. The zero-order valence-corrected chi connectivity index (χ0v) is 19.2. The maximum absolute atomic E-state index is 12.7. The van der Waals surface area contributed by atoms with E-state index in [2.05, 4.69) is 5.32 Å². The second-order valence-corrected chi connectivity index (χ2v) is 8.04. The smallest absolute Gasteiger partial charge is 0.227 e. The highest BCUT2D eigenvalue weighted by molar-refractivity contribution is 5.82. The molecule has 2 aromatic carbocycles. The van der Waals surface area contributed by atoms with Gasteiger partial charge in [0.05, 0.1) is 26.6 Å². The Bertz CT molecular complexity index is 898. The molecule has 0 aromatic heterocycles. The van der Waals surface area contributed by atoms with Gasteiger partial charge in [-0.2, -0.15) is 0 Å². The number of hydrogen-bond acceptors (Lipinski definition) is 6. The van der Waals surface area contributed by atoms with Crippen molar-refractivity contribution in [3.8, 4) is 17.2 Å². The van der Waals surface area contributed by atoms with Crippen molar-refractivity contribution in [2.24, 2.45) is 5.92 Å². The minimum Gasteiger partial charge on any atom is -0.493 e. The molecule has 2 amide bonds. The number of benzene rings is 2. The molecule has 8 nitrogen and oxygen atoms in total. The molecule has 2 aromatic rings. The van der Waals surface area contributed by atoms with Gasteiger partial charge in [0.25, 0.3) is 0 Å². The summed E-state index contributed by atoms with van der Waals surface area (Å²) in [6.07, 6.45) is 0.907. The predicted octanol–water partition coefficient (Wildman–Crippen LogP) is 2.04. The molecule has 33 heavy (non-hydrogen) atoms. The van der Waals surface area contributed by atoms with Crippen LogP contribution in [0.25, 0.3) is 0 Å². The summed E-state index contributed by atoms with van der Waals surface area (Å²) in [5.41, 5.74) is 0.962. The van der Waals surface area contributed by atoms with E-state index in [-0.39, 0.29) is 30.9 Å². The van der Waals surface area contributed by atoms with Crippen molar-refractivity contribution in [1.29, 1.82) is 0 Å². The Morgan fingerprint density at radius 3 is 2.45 bits per heavy atom. The number of ether oxygens (including phenoxy) is 3. The third kappa shape index (κ3) is 6.86. The molecule has 3 rings (SSSR count). The third-order valence-electron chi connectivity index (χ3n) is 5.66. The summed E-state index contributed by atoms with van der Waals surface area (Å²) in [5, 5.41) is 13.1. The number of carbonyl (C=O) groups excluding carboxylic acids is 2. The number of rotatable bonds is 10. The standard InChI is InChI=1S/C25H32N2O6/c1-31-21-11-6-12-22(32-2)24(21)33-17-20(28)15-26-25(30)19-10-7-13-27(16-19)23(29)14-18-8-4-3-5-9-18/h3-6,8-9,11-12,19-20,28H,7,10,13-17H2,1-2H3,(H,26,30). The average Bonchev–Trinajstić information content (AvgIpc) is 2.86. The largest absolute Gasteiger partial charge is 0.493 e. The molecule has 0 radical (unpaired) electrons. The van der Waals surface area contributed by atoms with Crippen molar-refractivity contribution < 1.29 is 28.9 Å². The zero-order valence-electron chi connectivity index (χ0n) is 19.2. The number of hydrogen-bond donors (Lipinski definition) is 2. The summed E-state index contributed by atoms with van der Waals surface area (Å²) in [6, 6.07) is 14.8. The van der Waals surface area contributed by atoms with Gasteiger partial charge in [-0.15, -0.1) is 0 Å². The lowest BCUT2D eigenvalue weighted by atomic mass is 9.96. The van der Waals surface area contributed by atoms with Crippen LogP contribution in [0.2, 0.25) is 0 Å². The average molecular weight is 457 g/mol. The van der Waals surface area contributed by atoms with E-state index in [1.54, 1.807) is 23.1 Å². The lowest BCUT2D eigenvalue weighted by Gasteiger charge is -2.32. The molecular formula is C25H32N2O6. The van der Waals surface area contributed by atoms with Crippen molar-refractivity contribution in [1.82, 2.24) is 10.2 Å². The van der Waals surface area contributed by atoms with E-state index in [0.717, 1.165) is 12.0 Å². The van der Waals surface area contributed by atoms with Gasteiger partial charge in [-0.3, -0.25) is 9.59 Å². The van der Waals surface area contributed by atoms with E-state index in [9.17, 15) is 14.7 Å². The molecule has 0 bridgehead atoms. The highest BCUT2D eigenvalue weighted by atomic mass is 16.5. The van der Waals surface area contributed by atoms with E-state index < -0.39 is 6.10 Å². The lowest BCUT2D eigenvalue weighted by Crippen LogP contribution is -2.47. The molecule has 1 heterocycles. The number of nitrogens with zero attached hydrogens (tertiary/aromatic N) is 1. The summed E-state index contributed by atoms with van der Waals surface area (Å²) < 4.78 is 16.2. The van der Waals surface area contributed by atoms with Crippen LogP contribution in [0.5, 0.6) is 17.2 Å². The Morgan fingerprint density at radius 2 is 1.79 bits per heavy atom. The molecule has 0 saturated carbocycles. The first kappa shape index (κ1) is 24.4. The van der Waals surface area contributed by atoms with Crippen LogP contribution in [0.1, 0.15) is 18.4 Å². The molecule has 2 unspecified atom stereocenters. The van der Waals surface area contributed by atoms with Gasteiger partial charge in [-0.05, 0) is 30.5 Å². The molecule has 1 aliphatic rings. The fraction of sp³-hybridized carbons (Fsp3) is 0.440. The third-order valence-corrected chi connectivity index (χ3v) is 5.66. The van der Waals surface area contributed by atoms with E-state index in [1.165, 1.54) is 14.2 Å². The monoisotopic (exact) mass is 456 g/mol. The number of aliphatic hydroxyl groups is 1. The zero-order chi connectivity index (χ0) is 23.6. The number of para-hydroxylation sites is 1. The summed E-state index contributed by atoms with van der Waals surface area (Å²) >= 11 is 0. The first-order chi connectivity index (χ1) is 16.0. The molecule has 0 spiro atoms. The minimum absolute atomic E-state index is 0.0258. The van der Waals surface area contributed by atoms with Gasteiger partial charge in [0, 0.05) is 19.6 Å². The predicted molar refractivity (Wildman–Crippen MR) is 124 cm³/mol. The Labute approximate surface area is 194 Å². The second kappa shape index (κ2) is 12.1. The molecule has 1 aliphatic heterocycles. The van der Waals surface area contributed by atoms with Crippen LogP contribution in [0.15, 0.2) is 48.5 Å². The quantitative estimate of drug-likeness (QED) is 0.568. The van der Waals surface area contributed by atoms with E-state index >= 15 is 0 Å². The number of amides is 2. The maximum Gasteiger partial charge on any atom is 0.227 e. The summed E-state index contributed by atoms with van der Waals surface area (Å²) in [4.78, 5) is 27.1. The maximum atomic E-state index is 12.7. The van der Waals surface area contributed by atoms with Crippen molar-refractivity contribution >= 4 is 11.8 Å². The molecule has 178 valence electrons. The van der Waals surface area contributed by atoms with Crippen LogP contribution in [0.3, 0.4) is 0 Å². The molecular weight excluding hydrogens is 424 g/mol. The Balaban J connectivity index is 1.46. The fourth-order valence-corrected chi connectivity index (χ4v) is 3.86.